The van der Waals surface area contributed by atoms with E-state index in [9.17, 15) is 9.59 Å². The molecule has 156 valence electrons. The van der Waals surface area contributed by atoms with Gasteiger partial charge in [0, 0.05) is 31.1 Å². The predicted molar refractivity (Wildman–Crippen MR) is 107 cm³/mol. The number of ether oxygens (including phenoxy) is 3. The summed E-state index contributed by atoms with van der Waals surface area (Å²) in [5.41, 5.74) is 0.506. The molecule has 1 aromatic rings. The minimum absolute atomic E-state index is 0.0256. The Morgan fingerprint density at radius 1 is 0.964 bits per heavy atom. The summed E-state index contributed by atoms with van der Waals surface area (Å²) < 4.78 is 17.1. The van der Waals surface area contributed by atoms with Crippen LogP contribution in [0.2, 0.25) is 0 Å². The van der Waals surface area contributed by atoms with Gasteiger partial charge in [0.25, 0.3) is 5.91 Å². The predicted octanol–water partition coefficient (Wildman–Crippen LogP) is 2.87. The second kappa shape index (κ2) is 10.8. The van der Waals surface area contributed by atoms with Crippen LogP contribution >= 0.6 is 0 Å². The highest BCUT2D eigenvalue weighted by Crippen LogP contribution is 2.39. The summed E-state index contributed by atoms with van der Waals surface area (Å²) in [6.07, 6.45) is 1.34. The molecule has 1 aliphatic heterocycles. The van der Waals surface area contributed by atoms with Gasteiger partial charge in [0.05, 0.1) is 19.8 Å². The average molecular weight is 392 g/mol. The van der Waals surface area contributed by atoms with Crippen molar-refractivity contribution in [3.63, 3.8) is 0 Å². The fourth-order valence-electron chi connectivity index (χ4n) is 3.36. The van der Waals surface area contributed by atoms with Crippen LogP contribution in [0.3, 0.4) is 0 Å². The Morgan fingerprint density at radius 2 is 1.50 bits per heavy atom. The van der Waals surface area contributed by atoms with Gasteiger partial charge in [0.1, 0.15) is 0 Å². The Hall–Kier alpha value is -2.44. The number of hydrogen-bond acceptors (Lipinski definition) is 5. The van der Waals surface area contributed by atoms with Crippen LogP contribution in [0, 0.1) is 5.92 Å². The number of amides is 2. The summed E-state index contributed by atoms with van der Waals surface area (Å²) in [5.74, 6) is 1.51. The summed E-state index contributed by atoms with van der Waals surface area (Å²) >= 11 is 0. The molecule has 2 amide bonds. The number of likely N-dealkylation sites (tertiary alicyclic amines) is 1. The third kappa shape index (κ3) is 5.30. The van der Waals surface area contributed by atoms with Gasteiger partial charge in [-0.3, -0.25) is 9.59 Å². The zero-order valence-corrected chi connectivity index (χ0v) is 17.4. The van der Waals surface area contributed by atoms with Gasteiger partial charge in [-0.25, -0.2) is 0 Å². The van der Waals surface area contributed by atoms with E-state index in [1.165, 1.54) is 0 Å². The molecule has 1 aliphatic rings. The topological polar surface area (TPSA) is 77.1 Å². The van der Waals surface area contributed by atoms with Gasteiger partial charge in [-0.2, -0.15) is 0 Å². The van der Waals surface area contributed by atoms with Crippen molar-refractivity contribution in [3.8, 4) is 17.2 Å². The second-order valence-corrected chi connectivity index (χ2v) is 6.56. The highest BCUT2D eigenvalue weighted by molar-refractivity contribution is 5.96. The molecule has 0 aromatic heterocycles. The first-order valence-corrected chi connectivity index (χ1v) is 10.2. The second-order valence-electron chi connectivity index (χ2n) is 6.56. The molecule has 0 bridgehead atoms. The normalized spacial score (nSPS) is 14.5. The number of piperidine rings is 1. The van der Waals surface area contributed by atoms with Crippen LogP contribution in [0.1, 0.15) is 50.9 Å². The van der Waals surface area contributed by atoms with Crippen molar-refractivity contribution in [2.75, 3.05) is 39.5 Å². The summed E-state index contributed by atoms with van der Waals surface area (Å²) in [6.45, 7) is 10.7. The minimum Gasteiger partial charge on any atom is -0.490 e. The molecule has 28 heavy (non-hydrogen) atoms. The molecule has 1 saturated heterocycles. The van der Waals surface area contributed by atoms with E-state index in [1.807, 2.05) is 27.7 Å². The molecular formula is C21H32N2O5. The molecule has 0 unspecified atom stereocenters. The lowest BCUT2D eigenvalue weighted by Crippen LogP contribution is -2.43. The van der Waals surface area contributed by atoms with E-state index >= 15 is 0 Å². The van der Waals surface area contributed by atoms with Crippen LogP contribution in [-0.4, -0.2) is 56.2 Å². The van der Waals surface area contributed by atoms with Gasteiger partial charge in [0.15, 0.2) is 11.5 Å². The van der Waals surface area contributed by atoms with Crippen LogP contribution in [0.5, 0.6) is 17.2 Å². The lowest BCUT2D eigenvalue weighted by molar-refractivity contribution is -0.126. The smallest absolute Gasteiger partial charge is 0.254 e. The van der Waals surface area contributed by atoms with Crippen molar-refractivity contribution in [1.82, 2.24) is 10.2 Å². The molecule has 1 fully saturated rings. The highest BCUT2D eigenvalue weighted by atomic mass is 16.5. The van der Waals surface area contributed by atoms with Crippen LogP contribution in [-0.2, 0) is 4.79 Å². The lowest BCUT2D eigenvalue weighted by atomic mass is 9.95. The zero-order valence-electron chi connectivity index (χ0n) is 17.4. The maximum Gasteiger partial charge on any atom is 0.254 e. The summed E-state index contributed by atoms with van der Waals surface area (Å²) in [7, 11) is 0. The maximum absolute atomic E-state index is 13.1. The number of hydrogen-bond donors (Lipinski definition) is 1. The third-order valence-electron chi connectivity index (χ3n) is 4.66. The molecule has 1 heterocycles. The van der Waals surface area contributed by atoms with Crippen molar-refractivity contribution < 1.29 is 23.8 Å². The first-order chi connectivity index (χ1) is 13.5. The average Bonchev–Trinajstić information content (AvgIpc) is 2.70. The monoisotopic (exact) mass is 392 g/mol. The summed E-state index contributed by atoms with van der Waals surface area (Å²) in [5, 5.41) is 2.86. The Labute approximate surface area is 167 Å². The lowest BCUT2D eigenvalue weighted by Gasteiger charge is -2.31. The Kier molecular flexibility index (Phi) is 8.42. The van der Waals surface area contributed by atoms with Gasteiger partial charge in [-0.15, -0.1) is 0 Å². The number of benzene rings is 1. The largest absolute Gasteiger partial charge is 0.490 e. The number of rotatable bonds is 9. The van der Waals surface area contributed by atoms with Crippen molar-refractivity contribution in [2.24, 2.45) is 5.92 Å². The molecule has 7 heteroatoms. The molecule has 0 radical (unpaired) electrons. The number of nitrogens with zero attached hydrogens (tertiary/aromatic N) is 1. The molecule has 7 nitrogen and oxygen atoms in total. The van der Waals surface area contributed by atoms with E-state index in [0.29, 0.717) is 75.1 Å². The Morgan fingerprint density at radius 3 is 1.96 bits per heavy atom. The fraction of sp³-hybridized carbons (Fsp3) is 0.619. The molecule has 2 rings (SSSR count). The molecule has 1 N–H and O–H groups in total. The van der Waals surface area contributed by atoms with Crippen LogP contribution in [0.25, 0.3) is 0 Å². The molecule has 0 aliphatic carbocycles. The van der Waals surface area contributed by atoms with Crippen LogP contribution < -0.4 is 19.5 Å². The number of carbonyl (C=O) groups is 2. The standard InChI is InChI=1S/C21H32N2O5/c1-5-22-20(24)15-9-11-23(12-10-15)21(25)16-13-17(26-6-2)19(28-8-4)18(14-16)27-7-3/h13-15H,5-12H2,1-4H3,(H,22,24). The maximum atomic E-state index is 13.1. The summed E-state index contributed by atoms with van der Waals surface area (Å²) in [4.78, 5) is 26.9. The zero-order chi connectivity index (χ0) is 20.5. The molecular weight excluding hydrogens is 360 g/mol. The third-order valence-corrected chi connectivity index (χ3v) is 4.66. The highest BCUT2D eigenvalue weighted by Gasteiger charge is 2.28. The van der Waals surface area contributed by atoms with Gasteiger partial charge in [-0.1, -0.05) is 0 Å². The van der Waals surface area contributed by atoms with Gasteiger partial charge in [0.2, 0.25) is 11.7 Å². The first-order valence-electron chi connectivity index (χ1n) is 10.2. The molecule has 0 spiro atoms. The van der Waals surface area contributed by atoms with Crippen molar-refractivity contribution >= 4 is 11.8 Å². The van der Waals surface area contributed by atoms with E-state index in [1.54, 1.807) is 17.0 Å². The molecule has 0 atom stereocenters. The van der Waals surface area contributed by atoms with Gasteiger partial charge >= 0.3 is 0 Å². The van der Waals surface area contributed by atoms with E-state index in [4.69, 9.17) is 14.2 Å². The quantitative estimate of drug-likeness (QED) is 0.699. The van der Waals surface area contributed by atoms with E-state index in [-0.39, 0.29) is 17.7 Å². The molecule has 0 saturated carbocycles. The number of nitrogens with one attached hydrogen (secondary N) is 1. The first kappa shape index (κ1) is 21.9. The van der Waals surface area contributed by atoms with Gasteiger partial charge < -0.3 is 24.4 Å². The summed E-state index contributed by atoms with van der Waals surface area (Å²) in [6, 6.07) is 3.43. The Balaban J connectivity index is 2.19. The van der Waals surface area contributed by atoms with E-state index < -0.39 is 0 Å². The van der Waals surface area contributed by atoms with Crippen LogP contribution in [0.15, 0.2) is 12.1 Å². The SMILES string of the molecule is CCNC(=O)C1CCN(C(=O)c2cc(OCC)c(OCC)c(OCC)c2)CC1. The van der Waals surface area contributed by atoms with Gasteiger partial charge in [-0.05, 0) is 52.7 Å². The Bertz CT molecular complexity index is 642. The van der Waals surface area contributed by atoms with Crippen molar-refractivity contribution in [3.05, 3.63) is 17.7 Å². The van der Waals surface area contributed by atoms with E-state index in [0.717, 1.165) is 0 Å². The van der Waals surface area contributed by atoms with Crippen molar-refractivity contribution in [1.29, 1.82) is 0 Å². The molecule has 1 aromatic carbocycles. The van der Waals surface area contributed by atoms with E-state index in [2.05, 4.69) is 5.32 Å². The number of carbonyl (C=O) groups excluding carboxylic acids is 2. The minimum atomic E-state index is -0.0840. The fourth-order valence-corrected chi connectivity index (χ4v) is 3.36. The van der Waals surface area contributed by atoms with Crippen molar-refractivity contribution in [2.45, 2.75) is 40.5 Å². The van der Waals surface area contributed by atoms with Crippen LogP contribution in [0.4, 0.5) is 0 Å².